The molecule has 1 N–H and O–H groups in total. The molecule has 2 aromatic heterocycles. The summed E-state index contributed by atoms with van der Waals surface area (Å²) in [7, 11) is 0. The SMILES string of the molecule is CC(=O)/C=C(/C)O.Cc1cnc2c3ccccc3c3ccccc3c2n1.Cc1cnc2c3ccccc3c3ccccc3c2n1.[Ir]. The normalized spacial score (nSPS) is 11.2. The minimum atomic E-state index is -0.125. The molecule has 0 aliphatic rings. The average molecular weight is 781 g/mol. The number of nitrogens with zero attached hydrogens (tertiary/aromatic N) is 4. The van der Waals surface area contributed by atoms with Gasteiger partial charge in [0.15, 0.2) is 5.78 Å². The summed E-state index contributed by atoms with van der Waals surface area (Å²) in [5.41, 5.74) is 5.87. The quantitative estimate of drug-likeness (QED) is 0.102. The van der Waals surface area contributed by atoms with Gasteiger partial charge in [0.1, 0.15) is 0 Å². The standard InChI is InChI=1S/2C17H12N2.C5H8O2.Ir/c2*1-11-10-18-16-14-8-4-2-6-12(14)13-7-3-5-9-15(13)17(16)19-11;1-4(6)3-5(2)7;/h2*2-10H,1H3;3,6H,1-2H3;/b;;4-3-;. The summed E-state index contributed by atoms with van der Waals surface area (Å²) >= 11 is 0. The van der Waals surface area contributed by atoms with Gasteiger partial charge in [-0.25, -0.2) is 9.97 Å². The molecule has 1 radical (unpaired) electrons. The van der Waals surface area contributed by atoms with Gasteiger partial charge in [-0.1, -0.05) is 97.1 Å². The first-order chi connectivity index (χ1) is 21.8. The maximum absolute atomic E-state index is 10.0. The molecule has 0 atom stereocenters. The smallest absolute Gasteiger partial charge is 0.155 e. The summed E-state index contributed by atoms with van der Waals surface area (Å²) in [6.45, 7) is 6.81. The largest absolute Gasteiger partial charge is 0.512 e. The number of rotatable bonds is 1. The van der Waals surface area contributed by atoms with Crippen molar-refractivity contribution >= 4 is 70.9 Å². The van der Waals surface area contributed by atoms with Gasteiger partial charge >= 0.3 is 0 Å². The molecule has 0 fully saturated rings. The number of aliphatic hydroxyl groups is 1. The Labute approximate surface area is 280 Å². The van der Waals surface area contributed by atoms with E-state index in [9.17, 15) is 4.79 Å². The van der Waals surface area contributed by atoms with E-state index in [4.69, 9.17) is 15.1 Å². The number of hydrogen-bond acceptors (Lipinski definition) is 6. The second-order valence-corrected chi connectivity index (χ2v) is 11.0. The van der Waals surface area contributed by atoms with E-state index in [0.717, 1.165) is 33.5 Å². The molecular formula is C39H32IrN4O2. The van der Waals surface area contributed by atoms with Crippen molar-refractivity contribution in [1.82, 2.24) is 19.9 Å². The van der Waals surface area contributed by atoms with Crippen LogP contribution in [0.1, 0.15) is 25.2 Å². The number of ketones is 1. The molecule has 8 aromatic rings. The molecule has 6 nitrogen and oxygen atoms in total. The second-order valence-electron chi connectivity index (χ2n) is 11.0. The zero-order valence-electron chi connectivity index (χ0n) is 25.9. The fourth-order valence-corrected chi connectivity index (χ4v) is 5.72. The Bertz CT molecular complexity index is 2190. The molecule has 0 amide bonds. The van der Waals surface area contributed by atoms with Crippen molar-refractivity contribution in [2.75, 3.05) is 0 Å². The summed E-state index contributed by atoms with van der Waals surface area (Å²) in [6.07, 6.45) is 4.84. The van der Waals surface area contributed by atoms with E-state index < -0.39 is 0 Å². The van der Waals surface area contributed by atoms with Gasteiger partial charge in [-0.15, -0.1) is 0 Å². The van der Waals surface area contributed by atoms with Crippen LogP contribution in [0.2, 0.25) is 0 Å². The van der Waals surface area contributed by atoms with Crippen LogP contribution in [0.5, 0.6) is 0 Å². The van der Waals surface area contributed by atoms with Crippen molar-refractivity contribution in [3.05, 3.63) is 133 Å². The van der Waals surface area contributed by atoms with Crippen molar-refractivity contribution in [2.24, 2.45) is 0 Å². The average Bonchev–Trinajstić information content (AvgIpc) is 3.05. The second kappa shape index (κ2) is 13.9. The number of benzene rings is 6. The molecule has 6 aromatic carbocycles. The Kier molecular flexibility index (Phi) is 9.76. The van der Waals surface area contributed by atoms with Crippen molar-refractivity contribution in [3.63, 3.8) is 0 Å². The van der Waals surface area contributed by atoms with Crippen LogP contribution in [0.15, 0.2) is 121 Å². The summed E-state index contributed by atoms with van der Waals surface area (Å²) in [5.74, 6) is -0.0625. The topological polar surface area (TPSA) is 88.9 Å². The number of hydrogen-bond donors (Lipinski definition) is 1. The molecule has 8 rings (SSSR count). The van der Waals surface area contributed by atoms with Crippen LogP contribution in [0.25, 0.3) is 65.2 Å². The predicted octanol–water partition coefficient (Wildman–Crippen LogP) is 9.52. The number of aliphatic hydroxyl groups excluding tert-OH is 1. The Morgan fingerprint density at radius 1 is 0.522 bits per heavy atom. The third-order valence-corrected chi connectivity index (χ3v) is 7.51. The minimum Gasteiger partial charge on any atom is -0.512 e. The van der Waals surface area contributed by atoms with E-state index >= 15 is 0 Å². The van der Waals surface area contributed by atoms with Gasteiger partial charge in [-0.3, -0.25) is 14.8 Å². The van der Waals surface area contributed by atoms with Crippen molar-refractivity contribution in [1.29, 1.82) is 0 Å². The number of fused-ring (bicyclic) bond motifs is 12. The number of carbonyl (C=O) groups is 1. The summed E-state index contributed by atoms with van der Waals surface area (Å²) in [4.78, 5) is 28.6. The fraction of sp³-hybridized carbons (Fsp3) is 0.103. The Balaban J connectivity index is 0.000000149. The number of allylic oxidation sites excluding steroid dienone is 2. The predicted molar refractivity (Wildman–Crippen MR) is 186 cm³/mol. The van der Waals surface area contributed by atoms with E-state index in [1.165, 1.54) is 63.0 Å². The first kappa shape index (κ1) is 32.3. The van der Waals surface area contributed by atoms with Gasteiger partial charge in [0.25, 0.3) is 0 Å². The molecule has 0 aliphatic carbocycles. The van der Waals surface area contributed by atoms with Crippen LogP contribution in [0, 0.1) is 13.8 Å². The van der Waals surface area contributed by atoms with Crippen LogP contribution in [0.3, 0.4) is 0 Å². The van der Waals surface area contributed by atoms with Crippen LogP contribution in [-0.4, -0.2) is 30.8 Å². The van der Waals surface area contributed by atoms with E-state index in [2.05, 4.69) is 107 Å². The van der Waals surface area contributed by atoms with E-state index in [1.54, 1.807) is 0 Å². The first-order valence-corrected chi connectivity index (χ1v) is 14.7. The first-order valence-electron chi connectivity index (χ1n) is 14.7. The van der Waals surface area contributed by atoms with Crippen molar-refractivity contribution in [2.45, 2.75) is 27.7 Å². The molecule has 0 saturated carbocycles. The number of carbonyl (C=O) groups excluding carboxylic acids is 1. The van der Waals surface area contributed by atoms with Gasteiger partial charge in [-0.05, 0) is 49.2 Å². The summed E-state index contributed by atoms with van der Waals surface area (Å²) < 4.78 is 0. The summed E-state index contributed by atoms with van der Waals surface area (Å²) in [5, 5.41) is 18.0. The van der Waals surface area contributed by atoms with Crippen LogP contribution in [0.4, 0.5) is 0 Å². The molecule has 2 heterocycles. The molecule has 7 heteroatoms. The van der Waals surface area contributed by atoms with Gasteiger partial charge in [-0.2, -0.15) is 0 Å². The van der Waals surface area contributed by atoms with Gasteiger partial charge in [0.2, 0.25) is 0 Å². The Hall–Kier alpha value is -5.10. The monoisotopic (exact) mass is 781 g/mol. The molecule has 0 saturated heterocycles. The molecule has 0 spiro atoms. The molecule has 0 aliphatic heterocycles. The third kappa shape index (κ3) is 6.47. The van der Waals surface area contributed by atoms with E-state index in [0.29, 0.717) is 0 Å². The van der Waals surface area contributed by atoms with Crippen LogP contribution in [-0.2, 0) is 24.9 Å². The van der Waals surface area contributed by atoms with Crippen molar-refractivity contribution < 1.29 is 30.0 Å². The van der Waals surface area contributed by atoms with E-state index in [-0.39, 0.29) is 31.6 Å². The molecule has 0 unspecified atom stereocenters. The molecule has 46 heavy (non-hydrogen) atoms. The van der Waals surface area contributed by atoms with Gasteiger partial charge in [0, 0.05) is 60.1 Å². The summed E-state index contributed by atoms with van der Waals surface area (Å²) in [6, 6.07) is 33.6. The van der Waals surface area contributed by atoms with Crippen LogP contribution < -0.4 is 0 Å². The molecule has 229 valence electrons. The number of aromatic nitrogens is 4. The van der Waals surface area contributed by atoms with E-state index in [1.807, 2.05) is 26.2 Å². The zero-order chi connectivity index (χ0) is 31.5. The van der Waals surface area contributed by atoms with Gasteiger partial charge in [0.05, 0.1) is 39.2 Å². The Morgan fingerprint density at radius 2 is 0.804 bits per heavy atom. The zero-order valence-corrected chi connectivity index (χ0v) is 28.3. The minimum absolute atomic E-state index is 0. The molecular weight excluding hydrogens is 749 g/mol. The number of aryl methyl sites for hydroxylation is 2. The molecule has 0 bridgehead atoms. The van der Waals surface area contributed by atoms with Crippen LogP contribution >= 0.6 is 0 Å². The van der Waals surface area contributed by atoms with Crippen molar-refractivity contribution in [3.8, 4) is 0 Å². The maximum Gasteiger partial charge on any atom is 0.155 e. The fourth-order valence-electron chi connectivity index (χ4n) is 5.72. The van der Waals surface area contributed by atoms with Gasteiger partial charge < -0.3 is 5.11 Å². The maximum atomic E-state index is 10.0. The third-order valence-electron chi connectivity index (χ3n) is 7.51. The Morgan fingerprint density at radius 3 is 1.07 bits per heavy atom.